The number of halogens is 1. The fourth-order valence-corrected chi connectivity index (χ4v) is 3.39. The van der Waals surface area contributed by atoms with E-state index < -0.39 is 0 Å². The van der Waals surface area contributed by atoms with Crippen molar-refractivity contribution in [2.45, 2.75) is 5.16 Å². The number of thioether (sulfide) groups is 1. The van der Waals surface area contributed by atoms with Gasteiger partial charge in [0.1, 0.15) is 0 Å². The standard InChI is InChI=1S/C14H16BrN5O2S/c15-11-3-1-2-10(8-11)13-17-18-14(20(13)16)23-9-12(21)19-4-6-22-7-5-19/h1-3,8H,4-7,9,16H2. The molecule has 1 aliphatic rings. The van der Waals surface area contributed by atoms with E-state index in [1.807, 2.05) is 24.3 Å². The molecule has 3 rings (SSSR count). The molecule has 9 heteroatoms. The molecule has 0 aliphatic carbocycles. The Labute approximate surface area is 146 Å². The van der Waals surface area contributed by atoms with Crippen molar-refractivity contribution >= 4 is 33.6 Å². The minimum absolute atomic E-state index is 0.0605. The average Bonchev–Trinajstić information content (AvgIpc) is 2.94. The van der Waals surface area contributed by atoms with Crippen LogP contribution in [0.15, 0.2) is 33.9 Å². The Hall–Kier alpha value is -1.58. The summed E-state index contributed by atoms with van der Waals surface area (Å²) in [6.07, 6.45) is 0. The number of amides is 1. The number of ether oxygens (including phenoxy) is 1. The normalized spacial score (nSPS) is 14.9. The van der Waals surface area contributed by atoms with E-state index in [4.69, 9.17) is 10.6 Å². The van der Waals surface area contributed by atoms with Crippen molar-refractivity contribution in [3.05, 3.63) is 28.7 Å². The van der Waals surface area contributed by atoms with E-state index in [2.05, 4.69) is 26.1 Å². The third-order valence-electron chi connectivity index (χ3n) is 3.44. The van der Waals surface area contributed by atoms with Crippen molar-refractivity contribution in [2.75, 3.05) is 37.9 Å². The van der Waals surface area contributed by atoms with Gasteiger partial charge in [-0.1, -0.05) is 39.8 Å². The molecule has 1 aliphatic heterocycles. The zero-order valence-corrected chi connectivity index (χ0v) is 14.7. The Kier molecular flexibility index (Phi) is 5.19. The van der Waals surface area contributed by atoms with E-state index in [0.717, 1.165) is 10.0 Å². The van der Waals surface area contributed by atoms with E-state index >= 15 is 0 Å². The summed E-state index contributed by atoms with van der Waals surface area (Å²) in [7, 11) is 0. The van der Waals surface area contributed by atoms with Gasteiger partial charge in [-0.25, -0.2) is 4.68 Å². The van der Waals surface area contributed by atoms with Crippen LogP contribution in [0.2, 0.25) is 0 Å². The van der Waals surface area contributed by atoms with Crippen molar-refractivity contribution in [2.24, 2.45) is 0 Å². The number of nitrogens with zero attached hydrogens (tertiary/aromatic N) is 4. The maximum Gasteiger partial charge on any atom is 0.233 e. The number of hydrogen-bond acceptors (Lipinski definition) is 6. The fraction of sp³-hybridized carbons (Fsp3) is 0.357. The second-order valence-corrected chi connectivity index (χ2v) is 6.83. The first kappa shape index (κ1) is 16.3. The predicted molar refractivity (Wildman–Crippen MR) is 91.4 cm³/mol. The van der Waals surface area contributed by atoms with Gasteiger partial charge >= 0.3 is 0 Å². The third-order valence-corrected chi connectivity index (χ3v) is 4.86. The molecule has 1 saturated heterocycles. The van der Waals surface area contributed by atoms with Crippen molar-refractivity contribution < 1.29 is 9.53 Å². The van der Waals surface area contributed by atoms with Gasteiger partial charge in [0, 0.05) is 23.1 Å². The number of aromatic nitrogens is 3. The molecule has 1 aromatic carbocycles. The summed E-state index contributed by atoms with van der Waals surface area (Å²) >= 11 is 4.71. The van der Waals surface area contributed by atoms with Crippen LogP contribution in [0.1, 0.15) is 0 Å². The van der Waals surface area contributed by atoms with Crippen molar-refractivity contribution in [1.82, 2.24) is 19.8 Å². The van der Waals surface area contributed by atoms with Crippen LogP contribution in [0.25, 0.3) is 11.4 Å². The first-order chi connectivity index (χ1) is 11.1. The van der Waals surface area contributed by atoms with Gasteiger partial charge in [-0.2, -0.15) is 0 Å². The molecule has 1 amide bonds. The highest BCUT2D eigenvalue weighted by atomic mass is 79.9. The first-order valence-corrected chi connectivity index (χ1v) is 8.88. The molecular weight excluding hydrogens is 382 g/mol. The SMILES string of the molecule is Nn1c(SCC(=O)N2CCOCC2)nnc1-c1cccc(Br)c1. The van der Waals surface area contributed by atoms with Crippen molar-refractivity contribution in [3.8, 4) is 11.4 Å². The molecule has 0 bridgehead atoms. The smallest absolute Gasteiger partial charge is 0.233 e. The van der Waals surface area contributed by atoms with Gasteiger partial charge in [-0.3, -0.25) is 4.79 Å². The third kappa shape index (κ3) is 3.85. The molecule has 0 spiro atoms. The van der Waals surface area contributed by atoms with Gasteiger partial charge in [0.25, 0.3) is 0 Å². The number of carbonyl (C=O) groups excluding carboxylic acids is 1. The maximum absolute atomic E-state index is 12.1. The molecule has 2 heterocycles. The van der Waals surface area contributed by atoms with Crippen LogP contribution >= 0.6 is 27.7 Å². The van der Waals surface area contributed by atoms with E-state index in [0.29, 0.717) is 37.3 Å². The lowest BCUT2D eigenvalue weighted by molar-refractivity contribution is -0.132. The van der Waals surface area contributed by atoms with E-state index in [1.54, 1.807) is 4.90 Å². The van der Waals surface area contributed by atoms with Gasteiger partial charge in [0.05, 0.1) is 19.0 Å². The lowest BCUT2D eigenvalue weighted by Crippen LogP contribution is -2.41. The molecule has 0 radical (unpaired) electrons. The number of carbonyl (C=O) groups is 1. The van der Waals surface area contributed by atoms with Crippen LogP contribution in [0.3, 0.4) is 0 Å². The number of morpholine rings is 1. The topological polar surface area (TPSA) is 86.3 Å². The monoisotopic (exact) mass is 397 g/mol. The van der Waals surface area contributed by atoms with Gasteiger partial charge in [0.15, 0.2) is 5.82 Å². The summed E-state index contributed by atoms with van der Waals surface area (Å²) < 4.78 is 7.60. The lowest BCUT2D eigenvalue weighted by Gasteiger charge is -2.26. The van der Waals surface area contributed by atoms with E-state index in [9.17, 15) is 4.79 Å². The summed E-state index contributed by atoms with van der Waals surface area (Å²) in [5, 5.41) is 8.71. The summed E-state index contributed by atoms with van der Waals surface area (Å²) in [6, 6.07) is 7.66. The van der Waals surface area contributed by atoms with Crippen LogP contribution < -0.4 is 5.84 Å². The van der Waals surface area contributed by atoms with Gasteiger partial charge < -0.3 is 15.5 Å². The van der Waals surface area contributed by atoms with E-state index in [-0.39, 0.29) is 11.7 Å². The number of hydrogen-bond donors (Lipinski definition) is 1. The first-order valence-electron chi connectivity index (χ1n) is 7.10. The molecule has 7 nitrogen and oxygen atoms in total. The molecular formula is C14H16BrN5O2S. The van der Waals surface area contributed by atoms with Crippen LogP contribution in [-0.4, -0.2) is 57.7 Å². The minimum atomic E-state index is 0.0605. The second kappa shape index (κ2) is 7.33. The molecule has 1 aromatic heterocycles. The minimum Gasteiger partial charge on any atom is -0.378 e. The van der Waals surface area contributed by atoms with Crippen molar-refractivity contribution in [1.29, 1.82) is 0 Å². The highest BCUT2D eigenvalue weighted by molar-refractivity contribution is 9.10. The summed E-state index contributed by atoms with van der Waals surface area (Å²) in [5.41, 5.74) is 0.862. The average molecular weight is 398 g/mol. The molecule has 2 aromatic rings. The van der Waals surface area contributed by atoms with Gasteiger partial charge in [-0.05, 0) is 12.1 Å². The summed E-state index contributed by atoms with van der Waals surface area (Å²) in [4.78, 5) is 13.9. The molecule has 0 unspecified atom stereocenters. The van der Waals surface area contributed by atoms with Gasteiger partial charge in [-0.15, -0.1) is 10.2 Å². The highest BCUT2D eigenvalue weighted by Crippen LogP contribution is 2.24. The Morgan fingerprint density at radius 2 is 2.13 bits per heavy atom. The zero-order chi connectivity index (χ0) is 16.2. The molecule has 2 N–H and O–H groups in total. The van der Waals surface area contributed by atoms with Crippen LogP contribution in [0.4, 0.5) is 0 Å². The maximum atomic E-state index is 12.1. The fourth-order valence-electron chi connectivity index (χ4n) is 2.23. The number of benzene rings is 1. The zero-order valence-electron chi connectivity index (χ0n) is 12.3. The van der Waals surface area contributed by atoms with E-state index in [1.165, 1.54) is 16.4 Å². The molecule has 0 atom stereocenters. The van der Waals surface area contributed by atoms with Crippen LogP contribution in [0, 0.1) is 0 Å². The molecule has 122 valence electrons. The van der Waals surface area contributed by atoms with Crippen LogP contribution in [0.5, 0.6) is 0 Å². The second-order valence-electron chi connectivity index (χ2n) is 4.97. The molecule has 1 fully saturated rings. The Morgan fingerprint density at radius 3 is 2.87 bits per heavy atom. The Balaban J connectivity index is 1.66. The predicted octanol–water partition coefficient (Wildman–Crippen LogP) is 1.37. The van der Waals surface area contributed by atoms with Gasteiger partial charge in [0.2, 0.25) is 11.1 Å². The number of rotatable bonds is 4. The van der Waals surface area contributed by atoms with Crippen LogP contribution in [-0.2, 0) is 9.53 Å². The Bertz CT molecular complexity index is 702. The quantitative estimate of drug-likeness (QED) is 0.619. The largest absolute Gasteiger partial charge is 0.378 e. The van der Waals surface area contributed by atoms with Crippen molar-refractivity contribution in [3.63, 3.8) is 0 Å². The number of nitrogen functional groups attached to an aromatic ring is 1. The molecule has 23 heavy (non-hydrogen) atoms. The Morgan fingerprint density at radius 1 is 1.35 bits per heavy atom. The summed E-state index contributed by atoms with van der Waals surface area (Å²) in [6.45, 7) is 2.46. The highest BCUT2D eigenvalue weighted by Gasteiger charge is 2.19. The lowest BCUT2D eigenvalue weighted by atomic mass is 10.2. The molecule has 0 saturated carbocycles. The number of nitrogens with two attached hydrogens (primary N) is 1. The summed E-state index contributed by atoms with van der Waals surface area (Å²) in [5.74, 6) is 6.97.